The van der Waals surface area contributed by atoms with Gasteiger partial charge in [-0.1, -0.05) is 73.3 Å². The number of benzene rings is 3. The molecule has 3 heteroatoms. The van der Waals surface area contributed by atoms with Crippen molar-refractivity contribution in [3.05, 3.63) is 102 Å². The monoisotopic (exact) mass is 372 g/mol. The maximum absolute atomic E-state index is 6.25. The lowest BCUT2D eigenvalue weighted by Crippen LogP contribution is -2.18. The molecule has 4 rings (SSSR count). The Kier molecular flexibility index (Phi) is 5.45. The number of hydrogen-bond donors (Lipinski definition) is 0. The first-order valence-electron chi connectivity index (χ1n) is 9.52. The highest BCUT2D eigenvalue weighted by Crippen LogP contribution is 2.41. The van der Waals surface area contributed by atoms with E-state index >= 15 is 0 Å². The number of fused-ring (bicyclic) bond motifs is 1. The lowest BCUT2D eigenvalue weighted by molar-refractivity contribution is 0.0801. The van der Waals surface area contributed by atoms with Gasteiger partial charge in [-0.2, -0.15) is 0 Å². The van der Waals surface area contributed by atoms with Crippen molar-refractivity contribution in [2.75, 3.05) is 0 Å². The molecule has 3 nitrogen and oxygen atoms in total. The Hall–Kier alpha value is -3.04. The molecule has 1 aliphatic rings. The molecular formula is C25H24O3. The lowest BCUT2D eigenvalue weighted by Gasteiger charge is -2.28. The standard InChI is InChI=1S/C25H24O3/c1-18-19(2)26-17-23-22(18)13-14-24(27-15-20-9-5-3-6-10-20)25(23)28-16-21-11-7-4-8-12-21/h3-14,19H,1,15-17H2,2H3/t19-/m0/s1. The Labute approximate surface area is 166 Å². The molecule has 0 unspecified atom stereocenters. The Morgan fingerprint density at radius 3 is 2.11 bits per heavy atom. The van der Waals surface area contributed by atoms with Gasteiger partial charge in [-0.05, 0) is 35.3 Å². The van der Waals surface area contributed by atoms with E-state index < -0.39 is 0 Å². The second-order valence-electron chi connectivity index (χ2n) is 6.95. The summed E-state index contributed by atoms with van der Waals surface area (Å²) in [4.78, 5) is 0. The Morgan fingerprint density at radius 2 is 1.46 bits per heavy atom. The molecule has 0 amide bonds. The molecule has 0 aromatic heterocycles. The Morgan fingerprint density at radius 1 is 0.857 bits per heavy atom. The molecule has 0 N–H and O–H groups in total. The summed E-state index contributed by atoms with van der Waals surface area (Å²) in [6.07, 6.45) is 0.00515. The third-order valence-electron chi connectivity index (χ3n) is 5.00. The predicted molar refractivity (Wildman–Crippen MR) is 111 cm³/mol. The Bertz CT molecular complexity index is 948. The summed E-state index contributed by atoms with van der Waals surface area (Å²) >= 11 is 0. The molecule has 28 heavy (non-hydrogen) atoms. The van der Waals surface area contributed by atoms with Crippen molar-refractivity contribution in [3.63, 3.8) is 0 Å². The van der Waals surface area contributed by atoms with Gasteiger partial charge in [0.05, 0.1) is 12.7 Å². The molecule has 0 saturated carbocycles. The van der Waals surface area contributed by atoms with Crippen LogP contribution in [0.5, 0.6) is 11.5 Å². The molecular weight excluding hydrogens is 348 g/mol. The third kappa shape index (κ3) is 3.95. The summed E-state index contributed by atoms with van der Waals surface area (Å²) in [6, 6.07) is 24.3. The van der Waals surface area contributed by atoms with Crippen LogP contribution in [0.2, 0.25) is 0 Å². The SMILES string of the molecule is C=C1c2ccc(OCc3ccccc3)c(OCc3ccccc3)c2CO[C@H]1C. The number of hydrogen-bond acceptors (Lipinski definition) is 3. The van der Waals surface area contributed by atoms with Gasteiger partial charge in [-0.15, -0.1) is 0 Å². The highest BCUT2D eigenvalue weighted by atomic mass is 16.5. The Balaban J connectivity index is 1.63. The average Bonchev–Trinajstić information content (AvgIpc) is 2.75. The molecule has 142 valence electrons. The summed E-state index contributed by atoms with van der Waals surface area (Å²) in [7, 11) is 0. The first kappa shape index (κ1) is 18.3. The van der Waals surface area contributed by atoms with Crippen LogP contribution in [-0.2, 0) is 24.6 Å². The predicted octanol–water partition coefficient (Wildman–Crippen LogP) is 5.78. The zero-order valence-electron chi connectivity index (χ0n) is 16.1. The second kappa shape index (κ2) is 8.32. The molecule has 0 bridgehead atoms. The summed E-state index contributed by atoms with van der Waals surface area (Å²) in [5.41, 5.74) is 5.29. The highest BCUT2D eigenvalue weighted by Gasteiger charge is 2.25. The van der Waals surface area contributed by atoms with Crippen LogP contribution in [0, 0.1) is 0 Å². The van der Waals surface area contributed by atoms with Crippen LogP contribution in [-0.4, -0.2) is 6.10 Å². The minimum absolute atomic E-state index is 0.00515. The molecule has 1 heterocycles. The van der Waals surface area contributed by atoms with Crippen LogP contribution in [0.4, 0.5) is 0 Å². The van der Waals surface area contributed by atoms with Crippen LogP contribution in [0.25, 0.3) is 5.57 Å². The largest absolute Gasteiger partial charge is 0.485 e. The smallest absolute Gasteiger partial charge is 0.167 e. The van der Waals surface area contributed by atoms with E-state index in [0.717, 1.165) is 39.3 Å². The van der Waals surface area contributed by atoms with E-state index in [1.807, 2.05) is 49.4 Å². The van der Waals surface area contributed by atoms with E-state index in [1.165, 1.54) is 0 Å². The van der Waals surface area contributed by atoms with Crippen LogP contribution in [0.1, 0.15) is 29.2 Å². The van der Waals surface area contributed by atoms with E-state index in [-0.39, 0.29) is 6.10 Å². The zero-order chi connectivity index (χ0) is 19.3. The van der Waals surface area contributed by atoms with Gasteiger partial charge in [0.25, 0.3) is 0 Å². The fourth-order valence-electron chi connectivity index (χ4n) is 3.32. The van der Waals surface area contributed by atoms with Gasteiger partial charge in [0.15, 0.2) is 11.5 Å². The highest BCUT2D eigenvalue weighted by molar-refractivity contribution is 5.74. The van der Waals surface area contributed by atoms with Gasteiger partial charge < -0.3 is 14.2 Å². The van der Waals surface area contributed by atoms with Gasteiger partial charge >= 0.3 is 0 Å². The molecule has 0 aliphatic carbocycles. The quantitative estimate of drug-likeness (QED) is 0.549. The lowest BCUT2D eigenvalue weighted by atomic mass is 9.94. The molecule has 1 atom stereocenters. The normalized spacial score (nSPS) is 15.8. The number of ether oxygens (including phenoxy) is 3. The summed E-state index contributed by atoms with van der Waals surface area (Å²) in [5, 5.41) is 0. The number of rotatable bonds is 6. The van der Waals surface area contributed by atoms with Crippen LogP contribution < -0.4 is 9.47 Å². The van der Waals surface area contributed by atoms with Crippen molar-refractivity contribution in [3.8, 4) is 11.5 Å². The van der Waals surface area contributed by atoms with Crippen molar-refractivity contribution >= 4 is 5.57 Å². The van der Waals surface area contributed by atoms with Crippen molar-refractivity contribution < 1.29 is 14.2 Å². The minimum atomic E-state index is 0.00515. The third-order valence-corrected chi connectivity index (χ3v) is 5.00. The van der Waals surface area contributed by atoms with Crippen LogP contribution >= 0.6 is 0 Å². The first-order valence-corrected chi connectivity index (χ1v) is 9.52. The fourth-order valence-corrected chi connectivity index (χ4v) is 3.32. The van der Waals surface area contributed by atoms with E-state index in [0.29, 0.717) is 19.8 Å². The van der Waals surface area contributed by atoms with E-state index in [2.05, 4.69) is 36.9 Å². The summed E-state index contributed by atoms with van der Waals surface area (Å²) in [5.74, 6) is 1.47. The maximum Gasteiger partial charge on any atom is 0.167 e. The molecule has 3 aromatic rings. The van der Waals surface area contributed by atoms with Crippen molar-refractivity contribution in [2.24, 2.45) is 0 Å². The van der Waals surface area contributed by atoms with Gasteiger partial charge in [-0.3, -0.25) is 0 Å². The molecule has 0 saturated heterocycles. The van der Waals surface area contributed by atoms with Crippen LogP contribution in [0.3, 0.4) is 0 Å². The second-order valence-corrected chi connectivity index (χ2v) is 6.95. The fraction of sp³-hybridized carbons (Fsp3) is 0.200. The topological polar surface area (TPSA) is 27.7 Å². The summed E-state index contributed by atoms with van der Waals surface area (Å²) < 4.78 is 18.3. The van der Waals surface area contributed by atoms with E-state index in [4.69, 9.17) is 14.2 Å². The molecule has 3 aromatic carbocycles. The van der Waals surface area contributed by atoms with Gasteiger partial charge in [0.1, 0.15) is 13.2 Å². The molecule has 0 spiro atoms. The van der Waals surface area contributed by atoms with E-state index in [1.54, 1.807) is 0 Å². The molecule has 0 fully saturated rings. The van der Waals surface area contributed by atoms with Gasteiger partial charge in [0, 0.05) is 5.56 Å². The average molecular weight is 372 g/mol. The van der Waals surface area contributed by atoms with Crippen molar-refractivity contribution in [1.29, 1.82) is 0 Å². The molecule has 1 aliphatic heterocycles. The first-order chi connectivity index (χ1) is 13.7. The molecule has 0 radical (unpaired) electrons. The van der Waals surface area contributed by atoms with Gasteiger partial charge in [0.2, 0.25) is 0 Å². The van der Waals surface area contributed by atoms with E-state index in [9.17, 15) is 0 Å². The zero-order valence-corrected chi connectivity index (χ0v) is 16.1. The van der Waals surface area contributed by atoms with Crippen molar-refractivity contribution in [1.82, 2.24) is 0 Å². The summed E-state index contributed by atoms with van der Waals surface area (Å²) in [6.45, 7) is 7.67. The maximum atomic E-state index is 6.25. The van der Waals surface area contributed by atoms with Crippen LogP contribution in [0.15, 0.2) is 79.4 Å². The minimum Gasteiger partial charge on any atom is -0.485 e. The van der Waals surface area contributed by atoms with Crippen molar-refractivity contribution in [2.45, 2.75) is 32.8 Å². The van der Waals surface area contributed by atoms with Gasteiger partial charge in [-0.25, -0.2) is 0 Å².